The number of sulfonamides is 1. The summed E-state index contributed by atoms with van der Waals surface area (Å²) in [6.45, 7) is 3.41. The first-order valence-corrected chi connectivity index (χ1v) is 12.8. The largest absolute Gasteiger partial charge is 0.348 e. The van der Waals surface area contributed by atoms with Crippen molar-refractivity contribution in [2.24, 2.45) is 0 Å². The van der Waals surface area contributed by atoms with Crippen molar-refractivity contribution in [2.75, 3.05) is 10.8 Å². The van der Waals surface area contributed by atoms with Gasteiger partial charge in [-0.25, -0.2) is 8.42 Å². The molecule has 0 radical (unpaired) electrons. The van der Waals surface area contributed by atoms with E-state index in [4.69, 9.17) is 11.6 Å². The topological polar surface area (TPSA) is 66.5 Å². The van der Waals surface area contributed by atoms with E-state index in [0.717, 1.165) is 34.7 Å². The smallest absolute Gasteiger partial charge is 0.264 e. The molecule has 3 aromatic carbocycles. The number of amides is 1. The van der Waals surface area contributed by atoms with Gasteiger partial charge in [0, 0.05) is 5.02 Å². The van der Waals surface area contributed by atoms with Gasteiger partial charge in [0.05, 0.1) is 16.6 Å². The molecular formula is C26H27ClN2O3S. The number of benzene rings is 3. The Morgan fingerprint density at radius 3 is 2.45 bits per heavy atom. The van der Waals surface area contributed by atoms with Gasteiger partial charge in [0.2, 0.25) is 5.91 Å². The quantitative estimate of drug-likeness (QED) is 0.502. The Kier molecular flexibility index (Phi) is 6.77. The second kappa shape index (κ2) is 9.57. The van der Waals surface area contributed by atoms with E-state index in [9.17, 15) is 13.2 Å². The van der Waals surface area contributed by atoms with Gasteiger partial charge in [-0.15, -0.1) is 0 Å². The van der Waals surface area contributed by atoms with Gasteiger partial charge in [-0.3, -0.25) is 9.10 Å². The molecule has 0 fully saturated rings. The molecule has 7 heteroatoms. The molecular weight excluding hydrogens is 456 g/mol. The van der Waals surface area contributed by atoms with Gasteiger partial charge in [0.1, 0.15) is 6.54 Å². The van der Waals surface area contributed by atoms with E-state index in [1.54, 1.807) is 12.1 Å². The molecule has 33 heavy (non-hydrogen) atoms. The molecule has 4 rings (SSSR count). The molecule has 1 N–H and O–H groups in total. The molecule has 3 aromatic rings. The molecule has 5 nitrogen and oxygen atoms in total. The first kappa shape index (κ1) is 23.3. The third-order valence-corrected chi connectivity index (χ3v) is 8.10. The number of fused-ring (bicyclic) bond motifs is 1. The number of carbonyl (C=O) groups excluding carboxylic acids is 1. The Hall–Kier alpha value is -2.83. The summed E-state index contributed by atoms with van der Waals surface area (Å²) in [7, 11) is -3.98. The normalized spacial score (nSPS) is 13.9. The van der Waals surface area contributed by atoms with Crippen LogP contribution in [0.4, 0.5) is 5.69 Å². The van der Waals surface area contributed by atoms with Crippen LogP contribution in [0.15, 0.2) is 71.6 Å². The molecule has 0 aliphatic heterocycles. The highest BCUT2D eigenvalue weighted by Gasteiger charge is 2.28. The summed E-state index contributed by atoms with van der Waals surface area (Å²) in [5.74, 6) is -0.371. The summed E-state index contributed by atoms with van der Waals surface area (Å²) < 4.78 is 28.2. The van der Waals surface area contributed by atoms with Crippen LogP contribution in [0.5, 0.6) is 0 Å². The highest BCUT2D eigenvalue weighted by Crippen LogP contribution is 2.28. The first-order chi connectivity index (χ1) is 15.8. The highest BCUT2D eigenvalue weighted by molar-refractivity contribution is 7.92. The molecule has 0 bridgehead atoms. The van der Waals surface area contributed by atoms with Crippen molar-refractivity contribution in [1.29, 1.82) is 0 Å². The molecule has 1 amide bonds. The lowest BCUT2D eigenvalue weighted by Crippen LogP contribution is -2.41. The Labute approximate surface area is 200 Å². The van der Waals surface area contributed by atoms with E-state index >= 15 is 0 Å². The zero-order chi connectivity index (χ0) is 23.6. The Morgan fingerprint density at radius 1 is 1.03 bits per heavy atom. The van der Waals surface area contributed by atoms with Gasteiger partial charge in [-0.1, -0.05) is 48.0 Å². The van der Waals surface area contributed by atoms with Gasteiger partial charge in [0.15, 0.2) is 0 Å². The van der Waals surface area contributed by atoms with Crippen molar-refractivity contribution in [3.8, 4) is 0 Å². The van der Waals surface area contributed by atoms with E-state index in [1.165, 1.54) is 35.4 Å². The standard InChI is InChI=1S/C26H27ClN2O3S/c1-18-6-3-4-9-25(18)29(33(31,32)24-14-12-23(27)13-15-24)17-26(30)28-19(2)21-11-10-20-7-5-8-22(20)16-21/h3-4,6,9-16,19H,5,7-8,17H2,1-2H3,(H,28,30)/t19-/m1/s1. The average Bonchev–Trinajstić information content (AvgIpc) is 3.26. The number of rotatable bonds is 7. The number of nitrogens with zero attached hydrogens (tertiary/aromatic N) is 1. The molecule has 1 aliphatic carbocycles. The lowest BCUT2D eigenvalue weighted by atomic mass is 10.0. The van der Waals surface area contributed by atoms with E-state index in [-0.39, 0.29) is 23.4 Å². The van der Waals surface area contributed by atoms with Crippen molar-refractivity contribution in [3.63, 3.8) is 0 Å². The lowest BCUT2D eigenvalue weighted by molar-refractivity contribution is -0.120. The number of nitrogens with one attached hydrogen (secondary N) is 1. The van der Waals surface area contributed by atoms with Crippen LogP contribution in [0.1, 0.15) is 41.6 Å². The van der Waals surface area contributed by atoms with Crippen LogP contribution in [0.2, 0.25) is 5.02 Å². The summed E-state index contributed by atoms with van der Waals surface area (Å²) >= 11 is 5.95. The lowest BCUT2D eigenvalue weighted by Gasteiger charge is -2.26. The Morgan fingerprint density at radius 2 is 1.73 bits per heavy atom. The van der Waals surface area contributed by atoms with Crippen molar-refractivity contribution >= 4 is 33.2 Å². The Bertz CT molecular complexity index is 1270. The number of para-hydroxylation sites is 1. The van der Waals surface area contributed by atoms with Crippen LogP contribution in [0.3, 0.4) is 0 Å². The summed E-state index contributed by atoms with van der Waals surface area (Å²) in [6, 6.07) is 19.2. The zero-order valence-electron chi connectivity index (χ0n) is 18.7. The minimum Gasteiger partial charge on any atom is -0.348 e. The second-order valence-corrected chi connectivity index (χ2v) is 10.7. The Balaban J connectivity index is 1.59. The molecule has 0 saturated heterocycles. The van der Waals surface area contributed by atoms with E-state index in [0.29, 0.717) is 10.7 Å². The number of hydrogen-bond acceptors (Lipinski definition) is 3. The van der Waals surface area contributed by atoms with Crippen LogP contribution in [0.25, 0.3) is 0 Å². The maximum Gasteiger partial charge on any atom is 0.264 e. The van der Waals surface area contributed by atoms with Crippen molar-refractivity contribution in [2.45, 2.75) is 44.0 Å². The van der Waals surface area contributed by atoms with Crippen LogP contribution in [0, 0.1) is 6.92 Å². The van der Waals surface area contributed by atoms with E-state index < -0.39 is 10.0 Å². The monoisotopic (exact) mass is 482 g/mol. The average molecular weight is 483 g/mol. The molecule has 172 valence electrons. The highest BCUT2D eigenvalue weighted by atomic mass is 35.5. The van der Waals surface area contributed by atoms with Gasteiger partial charge >= 0.3 is 0 Å². The third kappa shape index (κ3) is 5.07. The number of carbonyl (C=O) groups is 1. The fourth-order valence-electron chi connectivity index (χ4n) is 4.24. The maximum atomic E-state index is 13.5. The van der Waals surface area contributed by atoms with Crippen molar-refractivity contribution in [1.82, 2.24) is 5.32 Å². The first-order valence-electron chi connectivity index (χ1n) is 11.0. The van der Waals surface area contributed by atoms with Crippen LogP contribution in [-0.2, 0) is 27.7 Å². The van der Waals surface area contributed by atoms with Crippen molar-refractivity contribution in [3.05, 3.63) is 94.0 Å². The number of hydrogen-bond donors (Lipinski definition) is 1. The van der Waals surface area contributed by atoms with Crippen molar-refractivity contribution < 1.29 is 13.2 Å². The van der Waals surface area contributed by atoms with E-state index in [2.05, 4.69) is 17.4 Å². The number of aryl methyl sites for hydroxylation is 3. The zero-order valence-corrected chi connectivity index (χ0v) is 20.3. The van der Waals surface area contributed by atoms with Crippen LogP contribution >= 0.6 is 11.6 Å². The second-order valence-electron chi connectivity index (χ2n) is 8.42. The summed E-state index contributed by atoms with van der Waals surface area (Å²) in [5, 5.41) is 3.42. The number of anilines is 1. The van der Waals surface area contributed by atoms with Crippen LogP contribution in [-0.4, -0.2) is 20.9 Å². The van der Waals surface area contributed by atoms with Gasteiger partial charge in [-0.05, 0) is 85.7 Å². The third-order valence-electron chi connectivity index (χ3n) is 6.07. The van der Waals surface area contributed by atoms with Gasteiger partial charge < -0.3 is 5.32 Å². The number of halogens is 1. The van der Waals surface area contributed by atoms with Crippen LogP contribution < -0.4 is 9.62 Å². The minimum absolute atomic E-state index is 0.0784. The predicted molar refractivity (Wildman–Crippen MR) is 132 cm³/mol. The van der Waals surface area contributed by atoms with Gasteiger partial charge in [0.25, 0.3) is 10.0 Å². The summed E-state index contributed by atoms with van der Waals surface area (Å²) in [5.41, 5.74) is 4.95. The SMILES string of the molecule is Cc1ccccc1N(CC(=O)N[C@H](C)c1ccc2c(c1)CCC2)S(=O)(=O)c1ccc(Cl)cc1. The molecule has 0 spiro atoms. The summed E-state index contributed by atoms with van der Waals surface area (Å²) in [4.78, 5) is 13.1. The van der Waals surface area contributed by atoms with Gasteiger partial charge in [-0.2, -0.15) is 0 Å². The molecule has 0 saturated carbocycles. The fourth-order valence-corrected chi connectivity index (χ4v) is 5.85. The predicted octanol–water partition coefficient (Wildman–Crippen LogP) is 5.21. The molecule has 1 aliphatic rings. The fraction of sp³-hybridized carbons (Fsp3) is 0.269. The molecule has 0 unspecified atom stereocenters. The molecule has 0 aromatic heterocycles. The maximum absolute atomic E-state index is 13.5. The molecule has 1 atom stereocenters. The minimum atomic E-state index is -3.98. The van der Waals surface area contributed by atoms with E-state index in [1.807, 2.05) is 32.0 Å². The molecule has 0 heterocycles. The summed E-state index contributed by atoms with van der Waals surface area (Å²) in [6.07, 6.45) is 3.32.